The highest BCUT2D eigenvalue weighted by molar-refractivity contribution is 5.59. The lowest BCUT2D eigenvalue weighted by atomic mass is 9.99. The molecule has 5 nitrogen and oxygen atoms in total. The summed E-state index contributed by atoms with van der Waals surface area (Å²) in [7, 11) is 1.67. The maximum Gasteiger partial charge on any atom is 0.118 e. The SMILES string of the molecule is COc1ccc(-c2ccc(CCCNc3ccc(CN4CCC(C)CC4)cc3)nn2)cc1. The zero-order valence-electron chi connectivity index (χ0n) is 19.3. The number of ether oxygens (including phenoxy) is 1. The van der Waals surface area contributed by atoms with E-state index >= 15 is 0 Å². The number of hydrogen-bond donors (Lipinski definition) is 1. The minimum Gasteiger partial charge on any atom is -0.497 e. The summed E-state index contributed by atoms with van der Waals surface area (Å²) in [6.45, 7) is 6.81. The highest BCUT2D eigenvalue weighted by Gasteiger charge is 2.15. The zero-order chi connectivity index (χ0) is 22.2. The van der Waals surface area contributed by atoms with E-state index in [1.807, 2.05) is 30.3 Å². The van der Waals surface area contributed by atoms with Gasteiger partial charge in [0.2, 0.25) is 0 Å². The molecule has 0 amide bonds. The van der Waals surface area contributed by atoms with Crippen molar-refractivity contribution in [2.75, 3.05) is 32.1 Å². The van der Waals surface area contributed by atoms with Crippen molar-refractivity contribution < 1.29 is 4.74 Å². The number of benzene rings is 2. The Morgan fingerprint density at radius 2 is 1.69 bits per heavy atom. The van der Waals surface area contributed by atoms with Crippen LogP contribution < -0.4 is 10.1 Å². The maximum absolute atomic E-state index is 5.21. The van der Waals surface area contributed by atoms with Gasteiger partial charge in [-0.2, -0.15) is 10.2 Å². The number of nitrogens with one attached hydrogen (secondary N) is 1. The summed E-state index contributed by atoms with van der Waals surface area (Å²) in [4.78, 5) is 2.57. The topological polar surface area (TPSA) is 50.3 Å². The minimum atomic E-state index is 0.845. The summed E-state index contributed by atoms with van der Waals surface area (Å²) in [6, 6.07) is 20.9. The number of likely N-dealkylation sites (tertiary alicyclic amines) is 1. The largest absolute Gasteiger partial charge is 0.497 e. The Labute approximate surface area is 191 Å². The molecule has 2 aromatic carbocycles. The van der Waals surface area contributed by atoms with Crippen LogP contribution in [0, 0.1) is 5.92 Å². The van der Waals surface area contributed by atoms with Gasteiger partial charge >= 0.3 is 0 Å². The van der Waals surface area contributed by atoms with Crippen molar-refractivity contribution in [3.05, 3.63) is 71.9 Å². The van der Waals surface area contributed by atoms with Crippen LogP contribution in [0.4, 0.5) is 5.69 Å². The molecule has 1 aromatic heterocycles. The fourth-order valence-electron chi connectivity index (χ4n) is 4.12. The van der Waals surface area contributed by atoms with Crippen LogP contribution in [0.5, 0.6) is 5.75 Å². The van der Waals surface area contributed by atoms with E-state index in [1.165, 1.54) is 37.2 Å². The van der Waals surface area contributed by atoms with Crippen LogP contribution in [0.3, 0.4) is 0 Å². The van der Waals surface area contributed by atoms with Crippen molar-refractivity contribution in [1.29, 1.82) is 0 Å². The van der Waals surface area contributed by atoms with Gasteiger partial charge in [-0.25, -0.2) is 0 Å². The summed E-state index contributed by atoms with van der Waals surface area (Å²) in [5.74, 6) is 1.73. The van der Waals surface area contributed by atoms with Crippen LogP contribution in [0.1, 0.15) is 37.4 Å². The highest BCUT2D eigenvalue weighted by atomic mass is 16.5. The first-order valence-corrected chi connectivity index (χ1v) is 11.7. The molecule has 32 heavy (non-hydrogen) atoms. The van der Waals surface area contributed by atoms with E-state index in [-0.39, 0.29) is 0 Å². The predicted octanol–water partition coefficient (Wildman–Crippen LogP) is 5.43. The molecule has 0 saturated carbocycles. The standard InChI is InChI=1S/C27H34N4O/c1-21-15-18-31(19-16-21)20-22-5-9-24(10-6-22)28-17-3-4-25-11-14-27(30-29-25)23-7-12-26(32-2)13-8-23/h5-14,21,28H,3-4,15-20H2,1-2H3. The summed E-state index contributed by atoms with van der Waals surface area (Å²) in [6.07, 6.45) is 4.58. The molecule has 0 aliphatic carbocycles. The summed E-state index contributed by atoms with van der Waals surface area (Å²) in [5, 5.41) is 12.3. The first-order chi connectivity index (χ1) is 15.7. The highest BCUT2D eigenvalue weighted by Crippen LogP contribution is 2.21. The van der Waals surface area contributed by atoms with E-state index < -0.39 is 0 Å². The number of methoxy groups -OCH3 is 1. The van der Waals surface area contributed by atoms with Gasteiger partial charge in [0.25, 0.3) is 0 Å². The van der Waals surface area contributed by atoms with Gasteiger partial charge in [-0.15, -0.1) is 0 Å². The van der Waals surface area contributed by atoms with Gasteiger partial charge < -0.3 is 10.1 Å². The molecular formula is C27H34N4O. The van der Waals surface area contributed by atoms with Gasteiger partial charge in [0.15, 0.2) is 0 Å². The molecule has 0 bridgehead atoms. The third-order valence-electron chi connectivity index (χ3n) is 6.28. The molecule has 0 atom stereocenters. The van der Waals surface area contributed by atoms with E-state index in [1.54, 1.807) is 7.11 Å². The van der Waals surface area contributed by atoms with Crippen LogP contribution in [-0.2, 0) is 13.0 Å². The molecule has 0 spiro atoms. The van der Waals surface area contributed by atoms with Gasteiger partial charge in [-0.3, -0.25) is 4.90 Å². The third-order valence-corrected chi connectivity index (χ3v) is 6.28. The number of aromatic nitrogens is 2. The lowest BCUT2D eigenvalue weighted by Gasteiger charge is -2.30. The third kappa shape index (κ3) is 6.30. The van der Waals surface area contributed by atoms with E-state index in [4.69, 9.17) is 4.74 Å². The van der Waals surface area contributed by atoms with Crippen LogP contribution >= 0.6 is 0 Å². The number of rotatable bonds is 9. The van der Waals surface area contributed by atoms with Gasteiger partial charge in [-0.1, -0.05) is 19.1 Å². The Bertz CT molecular complexity index is 946. The Balaban J connectivity index is 1.18. The average molecular weight is 431 g/mol. The van der Waals surface area contributed by atoms with E-state index in [9.17, 15) is 0 Å². The molecule has 2 heterocycles. The molecular weight excluding hydrogens is 396 g/mol. The molecule has 0 unspecified atom stereocenters. The first kappa shape index (κ1) is 22.3. The fourth-order valence-corrected chi connectivity index (χ4v) is 4.12. The van der Waals surface area contributed by atoms with Gasteiger partial charge in [0.05, 0.1) is 18.5 Å². The number of piperidine rings is 1. The second-order valence-corrected chi connectivity index (χ2v) is 8.82. The Kier molecular flexibility index (Phi) is 7.73. The smallest absolute Gasteiger partial charge is 0.118 e. The average Bonchev–Trinajstić information content (AvgIpc) is 2.85. The van der Waals surface area contributed by atoms with Crippen LogP contribution in [0.15, 0.2) is 60.7 Å². The minimum absolute atomic E-state index is 0.845. The van der Waals surface area contributed by atoms with E-state index in [0.717, 1.165) is 54.5 Å². The molecule has 3 aromatic rings. The number of nitrogens with zero attached hydrogens (tertiary/aromatic N) is 3. The summed E-state index contributed by atoms with van der Waals surface area (Å²) in [5.41, 5.74) is 5.54. The summed E-state index contributed by atoms with van der Waals surface area (Å²) >= 11 is 0. The normalized spacial score (nSPS) is 14.9. The molecule has 168 valence electrons. The Hall–Kier alpha value is -2.92. The van der Waals surface area contributed by atoms with Crippen molar-refractivity contribution in [2.24, 2.45) is 5.92 Å². The second kappa shape index (κ2) is 11.1. The van der Waals surface area contributed by atoms with Gasteiger partial charge in [0.1, 0.15) is 5.75 Å². The molecule has 5 heteroatoms. The molecule has 1 aliphatic heterocycles. The molecule has 4 rings (SSSR count). The van der Waals surface area contributed by atoms with Crippen molar-refractivity contribution in [3.8, 4) is 17.0 Å². The number of hydrogen-bond acceptors (Lipinski definition) is 5. The number of anilines is 1. The van der Waals surface area contributed by atoms with Crippen molar-refractivity contribution in [2.45, 2.75) is 39.2 Å². The first-order valence-electron chi connectivity index (χ1n) is 11.7. The molecule has 1 aliphatic rings. The zero-order valence-corrected chi connectivity index (χ0v) is 19.3. The van der Waals surface area contributed by atoms with E-state index in [0.29, 0.717) is 0 Å². The predicted molar refractivity (Wildman–Crippen MR) is 131 cm³/mol. The van der Waals surface area contributed by atoms with Gasteiger partial charge in [-0.05, 0) is 98.8 Å². The van der Waals surface area contributed by atoms with E-state index in [2.05, 4.69) is 57.7 Å². The molecule has 1 fully saturated rings. The monoisotopic (exact) mass is 430 g/mol. The quantitative estimate of drug-likeness (QED) is 0.459. The molecule has 1 N–H and O–H groups in total. The molecule has 1 saturated heterocycles. The van der Waals surface area contributed by atoms with Crippen molar-refractivity contribution >= 4 is 5.69 Å². The summed E-state index contributed by atoms with van der Waals surface area (Å²) < 4.78 is 5.21. The van der Waals surface area contributed by atoms with Crippen LogP contribution in [0.25, 0.3) is 11.3 Å². The van der Waals surface area contributed by atoms with Crippen molar-refractivity contribution in [1.82, 2.24) is 15.1 Å². The Morgan fingerprint density at radius 3 is 2.34 bits per heavy atom. The molecule has 0 radical (unpaired) electrons. The van der Waals surface area contributed by atoms with Gasteiger partial charge in [0, 0.05) is 24.3 Å². The number of aryl methyl sites for hydroxylation is 1. The second-order valence-electron chi connectivity index (χ2n) is 8.82. The van der Waals surface area contributed by atoms with Crippen molar-refractivity contribution in [3.63, 3.8) is 0 Å². The lowest BCUT2D eigenvalue weighted by Crippen LogP contribution is -2.32. The fraction of sp³-hybridized carbons (Fsp3) is 0.407. The maximum atomic E-state index is 5.21. The van der Waals surface area contributed by atoms with Crippen LogP contribution in [0.2, 0.25) is 0 Å². The Morgan fingerprint density at radius 1 is 0.938 bits per heavy atom. The lowest BCUT2D eigenvalue weighted by molar-refractivity contribution is 0.185. The van der Waals surface area contributed by atoms with Crippen LogP contribution in [-0.4, -0.2) is 41.8 Å².